The predicted octanol–water partition coefficient (Wildman–Crippen LogP) is 4.17. The summed E-state index contributed by atoms with van der Waals surface area (Å²) in [6.45, 7) is 3.31. The molecule has 0 saturated carbocycles. The largest absolute Gasteiger partial charge is 0.461 e. The average molecular weight is 269 g/mol. The van der Waals surface area contributed by atoms with Crippen molar-refractivity contribution in [3.05, 3.63) is 71.2 Å². The number of halogens is 1. The number of furan rings is 1. The maximum Gasteiger partial charge on any atom is 0.134 e. The van der Waals surface area contributed by atoms with Crippen LogP contribution in [0.1, 0.15) is 16.9 Å². The van der Waals surface area contributed by atoms with E-state index in [1.807, 2.05) is 31.2 Å². The molecule has 1 aromatic heterocycles. The fourth-order valence-corrected chi connectivity index (χ4v) is 2.42. The lowest BCUT2D eigenvalue weighted by Gasteiger charge is -2.05. The minimum Gasteiger partial charge on any atom is -0.461 e. The molecule has 1 heterocycles. The molecule has 0 bridgehead atoms. The van der Waals surface area contributed by atoms with Gasteiger partial charge in [0.15, 0.2) is 0 Å². The highest BCUT2D eigenvalue weighted by Gasteiger charge is 2.09. The van der Waals surface area contributed by atoms with Crippen molar-refractivity contribution >= 4 is 11.0 Å². The summed E-state index contributed by atoms with van der Waals surface area (Å²) in [7, 11) is 0. The molecular weight excluding hydrogens is 253 g/mol. The summed E-state index contributed by atoms with van der Waals surface area (Å²) in [5, 5.41) is 4.47. The van der Waals surface area contributed by atoms with E-state index in [2.05, 4.69) is 11.4 Å². The molecule has 3 aromatic rings. The van der Waals surface area contributed by atoms with Gasteiger partial charge in [0, 0.05) is 24.0 Å². The van der Waals surface area contributed by atoms with Crippen LogP contribution in [-0.4, -0.2) is 0 Å². The molecule has 102 valence electrons. The lowest BCUT2D eigenvalue weighted by Crippen LogP contribution is -2.13. The summed E-state index contributed by atoms with van der Waals surface area (Å²) in [5.74, 6) is 0.729. The van der Waals surface area contributed by atoms with Gasteiger partial charge < -0.3 is 9.73 Å². The molecule has 2 aromatic carbocycles. The first-order chi connectivity index (χ1) is 9.74. The molecule has 3 heteroatoms. The molecule has 0 unspecified atom stereocenters. The standard InChI is InChI=1S/C17H16FNO/c1-12-16(15-7-2-3-8-17(15)20-12)11-19-10-13-5-4-6-14(18)9-13/h2-9,19H,10-11H2,1H3. The molecule has 0 atom stereocenters. The van der Waals surface area contributed by atoms with E-state index in [-0.39, 0.29) is 5.82 Å². The molecule has 3 rings (SSSR count). The number of hydrogen-bond acceptors (Lipinski definition) is 2. The molecule has 0 saturated heterocycles. The Bertz CT molecular complexity index is 733. The van der Waals surface area contributed by atoms with Gasteiger partial charge in [-0.25, -0.2) is 4.39 Å². The van der Waals surface area contributed by atoms with E-state index in [0.29, 0.717) is 13.1 Å². The molecular formula is C17H16FNO. The van der Waals surface area contributed by atoms with Gasteiger partial charge in [-0.3, -0.25) is 0 Å². The van der Waals surface area contributed by atoms with E-state index in [1.54, 1.807) is 12.1 Å². The summed E-state index contributed by atoms with van der Waals surface area (Å²) < 4.78 is 18.8. The molecule has 0 radical (unpaired) electrons. The smallest absolute Gasteiger partial charge is 0.134 e. The summed E-state index contributed by atoms with van der Waals surface area (Å²) >= 11 is 0. The SMILES string of the molecule is Cc1oc2ccccc2c1CNCc1cccc(F)c1. The quantitative estimate of drug-likeness (QED) is 0.769. The molecule has 20 heavy (non-hydrogen) atoms. The maximum absolute atomic E-state index is 13.1. The fourth-order valence-electron chi connectivity index (χ4n) is 2.42. The Kier molecular flexibility index (Phi) is 3.52. The molecule has 2 nitrogen and oxygen atoms in total. The van der Waals surface area contributed by atoms with E-state index < -0.39 is 0 Å². The van der Waals surface area contributed by atoms with Crippen LogP contribution in [0.15, 0.2) is 52.9 Å². The van der Waals surface area contributed by atoms with Crippen molar-refractivity contribution in [3.8, 4) is 0 Å². The minimum atomic E-state index is -0.200. The first-order valence-corrected chi connectivity index (χ1v) is 6.66. The molecule has 0 spiro atoms. The van der Waals surface area contributed by atoms with Gasteiger partial charge in [-0.2, -0.15) is 0 Å². The van der Waals surface area contributed by atoms with Crippen LogP contribution in [0.25, 0.3) is 11.0 Å². The number of nitrogens with one attached hydrogen (secondary N) is 1. The van der Waals surface area contributed by atoms with Crippen molar-refractivity contribution < 1.29 is 8.81 Å². The Labute approximate surface area is 117 Å². The van der Waals surface area contributed by atoms with Crippen molar-refractivity contribution in [2.75, 3.05) is 0 Å². The molecule has 0 fully saturated rings. The topological polar surface area (TPSA) is 25.2 Å². The highest BCUT2D eigenvalue weighted by molar-refractivity contribution is 5.82. The van der Waals surface area contributed by atoms with Gasteiger partial charge in [0.2, 0.25) is 0 Å². The molecule has 0 aliphatic rings. The predicted molar refractivity (Wildman–Crippen MR) is 77.9 cm³/mol. The number of benzene rings is 2. The van der Waals surface area contributed by atoms with Gasteiger partial charge in [-0.05, 0) is 30.7 Å². The Balaban J connectivity index is 1.73. The van der Waals surface area contributed by atoms with Crippen molar-refractivity contribution in [2.24, 2.45) is 0 Å². The van der Waals surface area contributed by atoms with Crippen LogP contribution in [0.4, 0.5) is 4.39 Å². The van der Waals surface area contributed by atoms with Gasteiger partial charge in [-0.15, -0.1) is 0 Å². The first kappa shape index (κ1) is 12.9. The van der Waals surface area contributed by atoms with Gasteiger partial charge in [0.25, 0.3) is 0 Å². The number of aryl methyl sites for hydroxylation is 1. The van der Waals surface area contributed by atoms with E-state index in [4.69, 9.17) is 4.42 Å². The highest BCUT2D eigenvalue weighted by atomic mass is 19.1. The van der Waals surface area contributed by atoms with Crippen molar-refractivity contribution in [1.29, 1.82) is 0 Å². The van der Waals surface area contributed by atoms with Crippen LogP contribution >= 0.6 is 0 Å². The summed E-state index contributed by atoms with van der Waals surface area (Å²) in [4.78, 5) is 0. The average Bonchev–Trinajstić information content (AvgIpc) is 2.75. The zero-order valence-corrected chi connectivity index (χ0v) is 11.3. The van der Waals surface area contributed by atoms with E-state index in [0.717, 1.165) is 27.9 Å². The third kappa shape index (κ3) is 2.58. The second kappa shape index (κ2) is 5.47. The molecule has 0 amide bonds. The van der Waals surface area contributed by atoms with E-state index in [1.165, 1.54) is 6.07 Å². The maximum atomic E-state index is 13.1. The molecule has 1 N–H and O–H groups in total. The summed E-state index contributed by atoms with van der Waals surface area (Å²) in [6, 6.07) is 14.7. The van der Waals surface area contributed by atoms with Crippen LogP contribution in [0, 0.1) is 12.7 Å². The summed E-state index contributed by atoms with van der Waals surface area (Å²) in [6.07, 6.45) is 0. The van der Waals surface area contributed by atoms with E-state index >= 15 is 0 Å². The lowest BCUT2D eigenvalue weighted by atomic mass is 10.1. The van der Waals surface area contributed by atoms with Crippen molar-refractivity contribution in [1.82, 2.24) is 5.32 Å². The second-order valence-electron chi connectivity index (χ2n) is 4.87. The minimum absolute atomic E-state index is 0.200. The van der Waals surface area contributed by atoms with Crippen molar-refractivity contribution in [3.63, 3.8) is 0 Å². The highest BCUT2D eigenvalue weighted by Crippen LogP contribution is 2.24. The number of para-hydroxylation sites is 1. The Morgan fingerprint density at radius 2 is 1.90 bits per heavy atom. The lowest BCUT2D eigenvalue weighted by molar-refractivity contribution is 0.564. The van der Waals surface area contributed by atoms with Gasteiger partial charge in [0.05, 0.1) is 0 Å². The zero-order valence-electron chi connectivity index (χ0n) is 11.3. The Morgan fingerprint density at radius 1 is 1.05 bits per heavy atom. The third-order valence-corrected chi connectivity index (χ3v) is 3.42. The van der Waals surface area contributed by atoms with Crippen LogP contribution in [-0.2, 0) is 13.1 Å². The second-order valence-corrected chi connectivity index (χ2v) is 4.87. The fraction of sp³-hybridized carbons (Fsp3) is 0.176. The van der Waals surface area contributed by atoms with Gasteiger partial charge >= 0.3 is 0 Å². The third-order valence-electron chi connectivity index (χ3n) is 3.42. The van der Waals surface area contributed by atoms with Crippen LogP contribution in [0.3, 0.4) is 0 Å². The number of rotatable bonds is 4. The Hall–Kier alpha value is -2.13. The first-order valence-electron chi connectivity index (χ1n) is 6.66. The normalized spacial score (nSPS) is 11.1. The van der Waals surface area contributed by atoms with Crippen LogP contribution in [0.5, 0.6) is 0 Å². The van der Waals surface area contributed by atoms with Gasteiger partial charge in [0.1, 0.15) is 17.2 Å². The van der Waals surface area contributed by atoms with Gasteiger partial charge in [-0.1, -0.05) is 30.3 Å². The van der Waals surface area contributed by atoms with Crippen LogP contribution in [0.2, 0.25) is 0 Å². The van der Waals surface area contributed by atoms with Crippen molar-refractivity contribution in [2.45, 2.75) is 20.0 Å². The zero-order chi connectivity index (χ0) is 13.9. The summed E-state index contributed by atoms with van der Waals surface area (Å²) in [5.41, 5.74) is 3.01. The monoisotopic (exact) mass is 269 g/mol. The number of fused-ring (bicyclic) bond motifs is 1. The molecule has 0 aliphatic carbocycles. The van der Waals surface area contributed by atoms with E-state index in [9.17, 15) is 4.39 Å². The molecule has 0 aliphatic heterocycles. The van der Waals surface area contributed by atoms with Crippen LogP contribution < -0.4 is 5.32 Å². The number of hydrogen-bond donors (Lipinski definition) is 1. The Morgan fingerprint density at radius 3 is 2.75 bits per heavy atom.